The summed E-state index contributed by atoms with van der Waals surface area (Å²) in [5, 5.41) is 11.2. The number of carbonyl (C=O) groups excluding carboxylic acids is 1. The third-order valence-corrected chi connectivity index (χ3v) is 4.71. The molecule has 0 spiro atoms. The second-order valence-electron chi connectivity index (χ2n) is 6.34. The van der Waals surface area contributed by atoms with E-state index in [2.05, 4.69) is 21.8 Å². The number of ether oxygens (including phenoxy) is 1. The van der Waals surface area contributed by atoms with Gasteiger partial charge >= 0.3 is 0 Å². The maximum absolute atomic E-state index is 11.4. The number of hydrogen-bond donors (Lipinski definition) is 3. The van der Waals surface area contributed by atoms with E-state index in [4.69, 9.17) is 10.5 Å². The van der Waals surface area contributed by atoms with Crippen LogP contribution >= 0.6 is 0 Å². The molecule has 0 saturated carbocycles. The van der Waals surface area contributed by atoms with Gasteiger partial charge in [0.25, 0.3) is 5.91 Å². The van der Waals surface area contributed by atoms with E-state index in [-0.39, 0.29) is 0 Å². The Labute approximate surface area is 140 Å². The molecule has 4 N–H and O–H groups in total. The number of anilines is 1. The summed E-state index contributed by atoms with van der Waals surface area (Å²) in [6.45, 7) is 3.18. The number of para-hydroxylation sites is 1. The van der Waals surface area contributed by atoms with Gasteiger partial charge in [-0.2, -0.15) is 5.10 Å². The molecule has 0 saturated heterocycles. The van der Waals surface area contributed by atoms with Gasteiger partial charge in [-0.1, -0.05) is 18.2 Å². The van der Waals surface area contributed by atoms with Gasteiger partial charge in [0.15, 0.2) is 0 Å². The lowest BCUT2D eigenvalue weighted by Gasteiger charge is -2.30. The van der Waals surface area contributed by atoms with Crippen molar-refractivity contribution >= 4 is 11.7 Å². The second kappa shape index (κ2) is 6.16. The molecule has 4 rings (SSSR count). The molecule has 3 heterocycles. The van der Waals surface area contributed by atoms with Gasteiger partial charge in [0.2, 0.25) is 0 Å². The summed E-state index contributed by atoms with van der Waals surface area (Å²) in [5.74, 6) is 1.66. The van der Waals surface area contributed by atoms with Crippen LogP contribution < -0.4 is 21.1 Å². The number of fused-ring (bicyclic) bond motifs is 2. The van der Waals surface area contributed by atoms with Crippen molar-refractivity contribution in [3.63, 3.8) is 0 Å². The van der Waals surface area contributed by atoms with Crippen LogP contribution in [0.5, 0.6) is 5.75 Å². The van der Waals surface area contributed by atoms with Gasteiger partial charge in [0, 0.05) is 43.6 Å². The van der Waals surface area contributed by atoms with Crippen molar-refractivity contribution in [2.45, 2.75) is 19.0 Å². The first-order valence-corrected chi connectivity index (χ1v) is 8.27. The highest BCUT2D eigenvalue weighted by molar-refractivity contribution is 5.97. The minimum atomic E-state index is -0.445. The minimum absolute atomic E-state index is 0.315. The SMILES string of the molecule is NC(=O)c1cnn2c1NC[C@H](CN[C@H]1CCOc3ccccc31)C2. The molecule has 0 aliphatic carbocycles. The summed E-state index contributed by atoms with van der Waals surface area (Å²) in [6.07, 6.45) is 2.51. The lowest BCUT2D eigenvalue weighted by molar-refractivity contribution is 0.100. The number of amides is 1. The quantitative estimate of drug-likeness (QED) is 0.783. The number of primary amides is 1. The Morgan fingerprint density at radius 3 is 3.21 bits per heavy atom. The zero-order valence-corrected chi connectivity index (χ0v) is 13.4. The van der Waals surface area contributed by atoms with E-state index >= 15 is 0 Å². The standard InChI is InChI=1S/C17H21N5O2/c18-16(23)13-9-21-22-10-11(8-20-17(13)22)7-19-14-5-6-24-15-4-2-1-3-12(14)15/h1-4,9,11,14,19-20H,5-8,10H2,(H2,18,23)/t11-,14-/m0/s1. The predicted octanol–water partition coefficient (Wildman–Crippen LogP) is 1.14. The summed E-state index contributed by atoms with van der Waals surface area (Å²) in [6, 6.07) is 8.51. The predicted molar refractivity (Wildman–Crippen MR) is 90.0 cm³/mol. The fourth-order valence-electron chi connectivity index (χ4n) is 3.44. The maximum Gasteiger partial charge on any atom is 0.254 e. The molecule has 1 amide bonds. The van der Waals surface area contributed by atoms with Gasteiger partial charge in [0.1, 0.15) is 17.1 Å². The molecule has 1 aromatic heterocycles. The van der Waals surface area contributed by atoms with Crippen molar-refractivity contribution in [3.8, 4) is 5.75 Å². The lowest BCUT2D eigenvalue weighted by Crippen LogP contribution is -2.38. The van der Waals surface area contributed by atoms with Gasteiger partial charge in [-0.15, -0.1) is 0 Å². The van der Waals surface area contributed by atoms with Gasteiger partial charge in [0.05, 0.1) is 12.8 Å². The molecule has 7 heteroatoms. The van der Waals surface area contributed by atoms with Crippen molar-refractivity contribution in [1.29, 1.82) is 0 Å². The van der Waals surface area contributed by atoms with E-state index < -0.39 is 5.91 Å². The molecule has 0 radical (unpaired) electrons. The Morgan fingerprint density at radius 1 is 1.46 bits per heavy atom. The van der Waals surface area contributed by atoms with Crippen LogP contribution in [0.4, 0.5) is 5.82 Å². The van der Waals surface area contributed by atoms with Crippen LogP contribution in [0.3, 0.4) is 0 Å². The summed E-state index contributed by atoms with van der Waals surface area (Å²) in [4.78, 5) is 11.4. The van der Waals surface area contributed by atoms with E-state index in [1.807, 2.05) is 22.9 Å². The zero-order chi connectivity index (χ0) is 16.5. The topological polar surface area (TPSA) is 94.2 Å². The summed E-state index contributed by atoms with van der Waals surface area (Å²) in [5.41, 5.74) is 7.05. The molecule has 1 aromatic carbocycles. The molecule has 126 valence electrons. The van der Waals surface area contributed by atoms with E-state index in [0.29, 0.717) is 17.5 Å². The van der Waals surface area contributed by atoms with Gasteiger partial charge in [-0.05, 0) is 6.07 Å². The average molecular weight is 327 g/mol. The van der Waals surface area contributed by atoms with Crippen molar-refractivity contribution in [1.82, 2.24) is 15.1 Å². The molecular weight excluding hydrogens is 306 g/mol. The Kier molecular flexibility index (Phi) is 3.86. The first-order valence-electron chi connectivity index (χ1n) is 8.27. The van der Waals surface area contributed by atoms with E-state index in [9.17, 15) is 4.79 Å². The molecule has 0 unspecified atom stereocenters. The monoisotopic (exact) mass is 327 g/mol. The van der Waals surface area contributed by atoms with Crippen LogP contribution in [0.1, 0.15) is 28.4 Å². The highest BCUT2D eigenvalue weighted by Crippen LogP contribution is 2.31. The van der Waals surface area contributed by atoms with Gasteiger partial charge in [-0.3, -0.25) is 4.79 Å². The maximum atomic E-state index is 11.4. The van der Waals surface area contributed by atoms with Crippen molar-refractivity contribution in [2.24, 2.45) is 11.7 Å². The summed E-state index contributed by atoms with van der Waals surface area (Å²) >= 11 is 0. The van der Waals surface area contributed by atoms with Crippen LogP contribution in [-0.4, -0.2) is 35.4 Å². The van der Waals surface area contributed by atoms with Crippen LogP contribution in [0.2, 0.25) is 0 Å². The van der Waals surface area contributed by atoms with E-state index in [1.165, 1.54) is 11.8 Å². The molecule has 0 bridgehead atoms. The largest absolute Gasteiger partial charge is 0.493 e. The molecule has 2 atom stereocenters. The van der Waals surface area contributed by atoms with Crippen LogP contribution in [-0.2, 0) is 6.54 Å². The number of benzene rings is 1. The van der Waals surface area contributed by atoms with Crippen molar-refractivity contribution < 1.29 is 9.53 Å². The Morgan fingerprint density at radius 2 is 2.33 bits per heavy atom. The molecule has 7 nitrogen and oxygen atoms in total. The van der Waals surface area contributed by atoms with Crippen LogP contribution in [0.25, 0.3) is 0 Å². The molecule has 2 aromatic rings. The molecule has 2 aliphatic heterocycles. The number of rotatable bonds is 4. The molecule has 24 heavy (non-hydrogen) atoms. The van der Waals surface area contributed by atoms with Crippen molar-refractivity contribution in [3.05, 3.63) is 41.6 Å². The zero-order valence-electron chi connectivity index (χ0n) is 13.4. The highest BCUT2D eigenvalue weighted by Gasteiger charge is 2.26. The first kappa shape index (κ1) is 15.0. The lowest BCUT2D eigenvalue weighted by atomic mass is 9.99. The molecule has 2 aliphatic rings. The number of nitrogens with one attached hydrogen (secondary N) is 2. The smallest absolute Gasteiger partial charge is 0.254 e. The van der Waals surface area contributed by atoms with E-state index in [1.54, 1.807) is 0 Å². The Hall–Kier alpha value is -2.54. The average Bonchev–Trinajstić information content (AvgIpc) is 3.03. The molecule has 0 fully saturated rings. The number of carbonyl (C=O) groups is 1. The number of nitrogens with two attached hydrogens (primary N) is 1. The Bertz CT molecular complexity index is 757. The number of aromatic nitrogens is 2. The van der Waals surface area contributed by atoms with Gasteiger partial charge < -0.3 is 21.1 Å². The number of hydrogen-bond acceptors (Lipinski definition) is 5. The van der Waals surface area contributed by atoms with Gasteiger partial charge in [-0.25, -0.2) is 4.68 Å². The third-order valence-electron chi connectivity index (χ3n) is 4.71. The first-order chi connectivity index (χ1) is 11.7. The van der Waals surface area contributed by atoms with Crippen LogP contribution in [0, 0.1) is 5.92 Å². The van der Waals surface area contributed by atoms with Crippen molar-refractivity contribution in [2.75, 3.05) is 25.0 Å². The Balaban J connectivity index is 1.40. The molecular formula is C17H21N5O2. The second-order valence-corrected chi connectivity index (χ2v) is 6.34. The highest BCUT2D eigenvalue weighted by atomic mass is 16.5. The summed E-state index contributed by atoms with van der Waals surface area (Å²) < 4.78 is 7.53. The fourth-order valence-corrected chi connectivity index (χ4v) is 3.44. The number of nitrogens with zero attached hydrogens (tertiary/aromatic N) is 2. The summed E-state index contributed by atoms with van der Waals surface area (Å²) in [7, 11) is 0. The van der Waals surface area contributed by atoms with Crippen LogP contribution in [0.15, 0.2) is 30.5 Å². The minimum Gasteiger partial charge on any atom is -0.493 e. The van der Waals surface area contributed by atoms with E-state index in [0.717, 1.165) is 44.2 Å². The normalized spacial score (nSPS) is 22.0. The fraction of sp³-hybridized carbons (Fsp3) is 0.412. The third kappa shape index (κ3) is 2.71.